The molecule has 0 aliphatic carbocycles. The number of hydrogen-bond acceptors (Lipinski definition) is 4. The quantitative estimate of drug-likeness (QED) is 0.830. The number of nitrogens with one attached hydrogen (secondary N) is 1. The number of carboxylic acids is 1. The van der Waals surface area contributed by atoms with Crippen LogP contribution in [0.2, 0.25) is 0 Å². The van der Waals surface area contributed by atoms with E-state index in [0.717, 1.165) is 24.2 Å². The molecule has 1 saturated heterocycles. The van der Waals surface area contributed by atoms with E-state index in [9.17, 15) is 14.7 Å². The van der Waals surface area contributed by atoms with Crippen LogP contribution in [0.1, 0.15) is 30.7 Å². The van der Waals surface area contributed by atoms with Gasteiger partial charge in [0, 0.05) is 13.0 Å². The van der Waals surface area contributed by atoms with Crippen LogP contribution >= 0.6 is 0 Å². The van der Waals surface area contributed by atoms with Crippen LogP contribution in [0.4, 0.5) is 0 Å². The van der Waals surface area contributed by atoms with Gasteiger partial charge in [-0.3, -0.25) is 4.79 Å². The molecule has 3 heterocycles. The van der Waals surface area contributed by atoms with Crippen LogP contribution in [-0.2, 0) is 27.3 Å². The standard InChI is InChI=1S/C13H17N3O4/c17-12(4-8-2-1-3-20-8)16-6-10-9(14-7-15-10)5-11(16)13(18)19/h7-8,11H,1-6H2,(H,14,15)(H,18,19). The van der Waals surface area contributed by atoms with Crippen molar-refractivity contribution in [2.45, 2.75) is 44.4 Å². The highest BCUT2D eigenvalue weighted by atomic mass is 16.5. The molecule has 0 radical (unpaired) electrons. The van der Waals surface area contributed by atoms with Crippen molar-refractivity contribution in [1.29, 1.82) is 0 Å². The molecule has 2 aliphatic rings. The van der Waals surface area contributed by atoms with Crippen LogP contribution in [0.15, 0.2) is 6.33 Å². The molecule has 1 amide bonds. The summed E-state index contributed by atoms with van der Waals surface area (Å²) >= 11 is 0. The van der Waals surface area contributed by atoms with Crippen molar-refractivity contribution < 1.29 is 19.4 Å². The number of imidazole rings is 1. The van der Waals surface area contributed by atoms with Gasteiger partial charge in [0.05, 0.1) is 36.8 Å². The summed E-state index contributed by atoms with van der Waals surface area (Å²) in [6, 6.07) is -0.834. The van der Waals surface area contributed by atoms with E-state index in [4.69, 9.17) is 4.74 Å². The third-order valence-electron chi connectivity index (χ3n) is 3.93. The molecule has 0 saturated carbocycles. The van der Waals surface area contributed by atoms with Gasteiger partial charge >= 0.3 is 5.97 Å². The molecule has 0 bridgehead atoms. The van der Waals surface area contributed by atoms with Crippen molar-refractivity contribution in [1.82, 2.24) is 14.9 Å². The maximum atomic E-state index is 12.3. The minimum absolute atomic E-state index is 0.0693. The number of nitrogens with zero attached hydrogens (tertiary/aromatic N) is 2. The average molecular weight is 279 g/mol. The highest BCUT2D eigenvalue weighted by Gasteiger charge is 2.36. The first kappa shape index (κ1) is 13.1. The van der Waals surface area contributed by atoms with Crippen molar-refractivity contribution in [2.75, 3.05) is 6.61 Å². The summed E-state index contributed by atoms with van der Waals surface area (Å²) in [5.74, 6) is -1.15. The van der Waals surface area contributed by atoms with Gasteiger partial charge in [-0.2, -0.15) is 0 Å². The van der Waals surface area contributed by atoms with Crippen LogP contribution in [0.3, 0.4) is 0 Å². The summed E-state index contributed by atoms with van der Waals surface area (Å²) < 4.78 is 5.45. The number of ether oxygens (including phenoxy) is 1. The molecule has 0 aromatic carbocycles. The number of hydrogen-bond donors (Lipinski definition) is 2. The van der Waals surface area contributed by atoms with E-state index in [1.165, 1.54) is 11.2 Å². The first-order valence-corrected chi connectivity index (χ1v) is 6.80. The Bertz CT molecular complexity index is 521. The first-order chi connectivity index (χ1) is 9.65. The number of amides is 1. The molecule has 0 spiro atoms. The molecular formula is C13H17N3O4. The Hall–Kier alpha value is -1.89. The Morgan fingerprint density at radius 2 is 2.40 bits per heavy atom. The minimum atomic E-state index is -0.987. The van der Waals surface area contributed by atoms with Gasteiger partial charge in [0.25, 0.3) is 0 Å². The number of rotatable bonds is 3. The summed E-state index contributed by atoms with van der Waals surface area (Å²) in [7, 11) is 0. The number of aromatic nitrogens is 2. The van der Waals surface area contributed by atoms with Crippen molar-refractivity contribution in [3.05, 3.63) is 17.7 Å². The van der Waals surface area contributed by atoms with Crippen LogP contribution in [0.25, 0.3) is 0 Å². The van der Waals surface area contributed by atoms with Crippen LogP contribution < -0.4 is 0 Å². The third-order valence-corrected chi connectivity index (χ3v) is 3.93. The number of carboxylic acid groups (broad SMARTS) is 1. The molecule has 108 valence electrons. The van der Waals surface area contributed by atoms with E-state index in [0.29, 0.717) is 6.61 Å². The van der Waals surface area contributed by atoms with E-state index >= 15 is 0 Å². The fraction of sp³-hybridized carbons (Fsp3) is 0.615. The number of fused-ring (bicyclic) bond motifs is 1. The Kier molecular flexibility index (Phi) is 3.43. The summed E-state index contributed by atoms with van der Waals surface area (Å²) in [5.41, 5.74) is 1.56. The number of aromatic amines is 1. The minimum Gasteiger partial charge on any atom is -0.480 e. The zero-order valence-electron chi connectivity index (χ0n) is 11.0. The van der Waals surface area contributed by atoms with Crippen LogP contribution in [0, 0.1) is 0 Å². The SMILES string of the molecule is O=C(O)C1Cc2nc[nH]c2CN1C(=O)CC1CCCO1. The lowest BCUT2D eigenvalue weighted by Gasteiger charge is -2.33. The van der Waals surface area contributed by atoms with Gasteiger partial charge in [-0.15, -0.1) is 0 Å². The number of aliphatic carboxylic acids is 1. The van der Waals surface area contributed by atoms with Crippen molar-refractivity contribution in [2.24, 2.45) is 0 Å². The van der Waals surface area contributed by atoms with Crippen molar-refractivity contribution in [3.63, 3.8) is 0 Å². The maximum absolute atomic E-state index is 12.3. The molecule has 2 N–H and O–H groups in total. The van der Waals surface area contributed by atoms with Gasteiger partial charge in [-0.25, -0.2) is 9.78 Å². The molecule has 1 aromatic heterocycles. The molecule has 1 aromatic rings. The summed E-state index contributed by atoms with van der Waals surface area (Å²) in [6.45, 7) is 0.961. The van der Waals surface area contributed by atoms with Crippen molar-refractivity contribution in [3.8, 4) is 0 Å². The molecule has 2 atom stereocenters. The number of carbonyl (C=O) groups excluding carboxylic acids is 1. The highest BCUT2D eigenvalue weighted by Crippen LogP contribution is 2.24. The lowest BCUT2D eigenvalue weighted by molar-refractivity contribution is -0.152. The number of carbonyl (C=O) groups is 2. The van der Waals surface area contributed by atoms with Crippen molar-refractivity contribution >= 4 is 11.9 Å². The first-order valence-electron chi connectivity index (χ1n) is 6.80. The second kappa shape index (κ2) is 5.24. The van der Waals surface area contributed by atoms with E-state index in [2.05, 4.69) is 9.97 Å². The summed E-state index contributed by atoms with van der Waals surface area (Å²) in [4.78, 5) is 32.2. The lowest BCUT2D eigenvalue weighted by Crippen LogP contribution is -2.49. The molecular weight excluding hydrogens is 262 g/mol. The fourth-order valence-corrected chi connectivity index (χ4v) is 2.84. The molecule has 20 heavy (non-hydrogen) atoms. The summed E-state index contributed by atoms with van der Waals surface area (Å²) in [5, 5.41) is 9.32. The fourth-order valence-electron chi connectivity index (χ4n) is 2.84. The van der Waals surface area contributed by atoms with Crippen LogP contribution in [-0.4, -0.2) is 50.6 Å². The van der Waals surface area contributed by atoms with Gasteiger partial charge in [0.1, 0.15) is 6.04 Å². The van der Waals surface area contributed by atoms with Crippen LogP contribution in [0.5, 0.6) is 0 Å². The molecule has 2 unspecified atom stereocenters. The van der Waals surface area contributed by atoms with Gasteiger partial charge in [0.2, 0.25) is 5.91 Å². The largest absolute Gasteiger partial charge is 0.480 e. The Labute approximate surface area is 115 Å². The van der Waals surface area contributed by atoms with Gasteiger partial charge in [0.15, 0.2) is 0 Å². The second-order valence-electron chi connectivity index (χ2n) is 5.25. The van der Waals surface area contributed by atoms with E-state index in [1.807, 2.05) is 0 Å². The molecule has 7 heteroatoms. The highest BCUT2D eigenvalue weighted by molar-refractivity contribution is 5.84. The Balaban J connectivity index is 1.75. The number of H-pyrrole nitrogens is 1. The Morgan fingerprint density at radius 3 is 3.10 bits per heavy atom. The molecule has 3 rings (SSSR count). The van der Waals surface area contributed by atoms with Gasteiger partial charge in [-0.1, -0.05) is 0 Å². The average Bonchev–Trinajstić information content (AvgIpc) is 3.06. The topological polar surface area (TPSA) is 95.5 Å². The second-order valence-corrected chi connectivity index (χ2v) is 5.25. The van der Waals surface area contributed by atoms with Gasteiger partial charge < -0.3 is 19.7 Å². The zero-order valence-corrected chi connectivity index (χ0v) is 11.0. The predicted molar refractivity (Wildman–Crippen MR) is 67.9 cm³/mol. The van der Waals surface area contributed by atoms with E-state index < -0.39 is 12.0 Å². The third kappa shape index (κ3) is 2.40. The monoisotopic (exact) mass is 279 g/mol. The molecule has 1 fully saturated rings. The lowest BCUT2D eigenvalue weighted by atomic mass is 10.0. The Morgan fingerprint density at radius 1 is 1.55 bits per heavy atom. The maximum Gasteiger partial charge on any atom is 0.326 e. The van der Waals surface area contributed by atoms with Gasteiger partial charge in [-0.05, 0) is 12.8 Å². The molecule has 2 aliphatic heterocycles. The van der Waals surface area contributed by atoms with E-state index in [-0.39, 0.29) is 31.4 Å². The molecule has 7 nitrogen and oxygen atoms in total. The van der Waals surface area contributed by atoms with E-state index in [1.54, 1.807) is 0 Å². The normalized spacial score (nSPS) is 25.5. The predicted octanol–water partition coefficient (Wildman–Crippen LogP) is 0.317. The smallest absolute Gasteiger partial charge is 0.326 e. The zero-order chi connectivity index (χ0) is 14.1. The summed E-state index contributed by atoms with van der Waals surface area (Å²) in [6.07, 6.45) is 3.81.